The molecule has 6 nitrogen and oxygen atoms in total. The van der Waals surface area contributed by atoms with E-state index in [9.17, 15) is 18.0 Å². The first kappa shape index (κ1) is 21.8. The predicted molar refractivity (Wildman–Crippen MR) is 106 cm³/mol. The van der Waals surface area contributed by atoms with Gasteiger partial charge in [-0.3, -0.25) is 4.99 Å². The van der Waals surface area contributed by atoms with Gasteiger partial charge in [0.2, 0.25) is 0 Å². The van der Waals surface area contributed by atoms with E-state index in [1.165, 1.54) is 19.2 Å². The molecule has 3 rings (SSSR count). The number of benzene rings is 1. The molecule has 1 atom stereocenters. The quantitative estimate of drug-likeness (QED) is 0.726. The largest absolute Gasteiger partial charge is 0.466 e. The van der Waals surface area contributed by atoms with Crippen LogP contribution in [0.4, 0.5) is 13.2 Å². The number of hydrogen-bond acceptors (Lipinski definition) is 6. The minimum atomic E-state index is -1.02. The first-order valence-electron chi connectivity index (χ1n) is 8.78. The number of rotatable bonds is 5. The summed E-state index contributed by atoms with van der Waals surface area (Å²) in [6, 6.07) is 3.31. The summed E-state index contributed by atoms with van der Waals surface area (Å²) in [5.41, 5.74) is 0.579. The molecule has 158 valence electrons. The maximum atomic E-state index is 14.4. The van der Waals surface area contributed by atoms with Crippen LogP contribution >= 0.6 is 11.6 Å². The fourth-order valence-corrected chi connectivity index (χ4v) is 3.31. The Morgan fingerprint density at radius 3 is 2.57 bits per heavy atom. The van der Waals surface area contributed by atoms with Gasteiger partial charge in [-0.15, -0.1) is 0 Å². The summed E-state index contributed by atoms with van der Waals surface area (Å²) in [4.78, 5) is 22.6. The minimum absolute atomic E-state index is 0.0256. The molecule has 0 saturated heterocycles. The Bertz CT molecular complexity index is 1060. The van der Waals surface area contributed by atoms with Gasteiger partial charge in [0, 0.05) is 28.9 Å². The van der Waals surface area contributed by atoms with E-state index in [1.54, 1.807) is 19.0 Å². The van der Waals surface area contributed by atoms with Crippen molar-refractivity contribution in [2.24, 2.45) is 4.99 Å². The lowest BCUT2D eigenvalue weighted by Gasteiger charge is -2.29. The Kier molecular flexibility index (Phi) is 6.42. The Hall–Kier alpha value is -2.91. The topological polar surface area (TPSA) is 66.8 Å². The fourth-order valence-electron chi connectivity index (χ4n) is 3.04. The molecule has 0 bridgehead atoms. The normalized spacial score (nSPS) is 16.4. The van der Waals surface area contributed by atoms with E-state index in [2.05, 4.69) is 15.3 Å². The maximum absolute atomic E-state index is 14.4. The summed E-state index contributed by atoms with van der Waals surface area (Å²) in [6.07, 6.45) is 0.855. The molecule has 0 radical (unpaired) electrons. The highest BCUT2D eigenvalue weighted by Gasteiger charge is 2.34. The molecule has 1 aromatic carbocycles. The van der Waals surface area contributed by atoms with Gasteiger partial charge >= 0.3 is 5.97 Å². The van der Waals surface area contributed by atoms with Gasteiger partial charge in [-0.05, 0) is 26.2 Å². The first-order chi connectivity index (χ1) is 14.2. The molecule has 1 aromatic heterocycles. The second-order valence-corrected chi connectivity index (χ2v) is 7.18. The third-order valence-electron chi connectivity index (χ3n) is 4.29. The van der Waals surface area contributed by atoms with Crippen LogP contribution in [-0.4, -0.2) is 49.4 Å². The van der Waals surface area contributed by atoms with E-state index < -0.39 is 29.5 Å². The number of hydrogen-bond donors (Lipinski definition) is 1. The highest BCUT2D eigenvalue weighted by atomic mass is 35.5. The Balaban J connectivity index is 2.23. The molecule has 0 unspecified atom stereocenters. The molecule has 0 spiro atoms. The molecule has 10 heteroatoms. The Morgan fingerprint density at radius 1 is 1.23 bits per heavy atom. The van der Waals surface area contributed by atoms with Gasteiger partial charge in [-0.2, -0.15) is 0 Å². The molecule has 0 aliphatic carbocycles. The molecule has 0 amide bonds. The monoisotopic (exact) mass is 438 g/mol. The van der Waals surface area contributed by atoms with E-state index in [-0.39, 0.29) is 28.7 Å². The molecule has 0 saturated carbocycles. The van der Waals surface area contributed by atoms with Crippen LogP contribution in [0.3, 0.4) is 0 Å². The Morgan fingerprint density at radius 2 is 1.97 bits per heavy atom. The minimum Gasteiger partial charge on any atom is -0.466 e. The van der Waals surface area contributed by atoms with Gasteiger partial charge < -0.3 is 15.0 Å². The van der Waals surface area contributed by atoms with Crippen LogP contribution in [0.15, 0.2) is 46.7 Å². The van der Waals surface area contributed by atoms with Crippen LogP contribution in [0.5, 0.6) is 0 Å². The van der Waals surface area contributed by atoms with E-state index in [4.69, 9.17) is 16.3 Å². The number of carbonyl (C=O) groups excluding carboxylic acids is 1. The van der Waals surface area contributed by atoms with Crippen molar-refractivity contribution in [3.8, 4) is 0 Å². The van der Waals surface area contributed by atoms with Gasteiger partial charge in [0.25, 0.3) is 0 Å². The molecule has 1 N–H and O–H groups in total. The number of aliphatic imine (C=N–C) groups is 1. The van der Waals surface area contributed by atoms with E-state index in [0.29, 0.717) is 17.3 Å². The number of nitrogens with zero attached hydrogens (tertiary/aromatic N) is 3. The van der Waals surface area contributed by atoms with Gasteiger partial charge in [0.15, 0.2) is 11.7 Å². The summed E-state index contributed by atoms with van der Waals surface area (Å²) < 4.78 is 46.2. The van der Waals surface area contributed by atoms with Gasteiger partial charge in [0.05, 0.1) is 18.9 Å². The van der Waals surface area contributed by atoms with Crippen molar-refractivity contribution in [1.29, 1.82) is 0 Å². The van der Waals surface area contributed by atoms with Crippen LogP contribution < -0.4 is 5.32 Å². The lowest BCUT2D eigenvalue weighted by Crippen LogP contribution is -2.38. The highest BCUT2D eigenvalue weighted by molar-refractivity contribution is 6.31. The zero-order valence-corrected chi connectivity index (χ0v) is 17.1. The van der Waals surface area contributed by atoms with Crippen LogP contribution in [0.25, 0.3) is 0 Å². The number of halogens is 4. The van der Waals surface area contributed by atoms with E-state index >= 15 is 0 Å². The molecule has 1 aliphatic heterocycles. The van der Waals surface area contributed by atoms with Crippen molar-refractivity contribution in [2.75, 3.05) is 27.7 Å². The van der Waals surface area contributed by atoms with Crippen molar-refractivity contribution >= 4 is 23.4 Å². The average molecular weight is 439 g/mol. The Labute approximate surface area is 176 Å². The molecule has 30 heavy (non-hydrogen) atoms. The number of ether oxygens (including phenoxy) is 1. The number of aromatic nitrogens is 1. The lowest BCUT2D eigenvalue weighted by atomic mass is 9.95. The molecular weight excluding hydrogens is 421 g/mol. The number of esters is 1. The van der Waals surface area contributed by atoms with Crippen molar-refractivity contribution < 1.29 is 22.7 Å². The van der Waals surface area contributed by atoms with E-state index in [0.717, 1.165) is 12.3 Å². The number of carbonyl (C=O) groups is 1. The average Bonchev–Trinajstić information content (AvgIpc) is 2.66. The summed E-state index contributed by atoms with van der Waals surface area (Å²) in [5, 5.41) is 2.93. The number of nitrogens with one attached hydrogen (secondary N) is 1. The predicted octanol–water partition coefficient (Wildman–Crippen LogP) is 3.23. The van der Waals surface area contributed by atoms with Crippen molar-refractivity contribution in [2.45, 2.75) is 6.04 Å². The van der Waals surface area contributed by atoms with Crippen LogP contribution in [0, 0.1) is 17.5 Å². The number of pyridine rings is 1. The summed E-state index contributed by atoms with van der Waals surface area (Å²) in [5.74, 6) is -3.05. The van der Waals surface area contributed by atoms with Crippen molar-refractivity contribution in [3.05, 3.63) is 75.5 Å². The third-order valence-corrected chi connectivity index (χ3v) is 4.62. The number of amidine groups is 1. The molecule has 1 aliphatic rings. The maximum Gasteiger partial charge on any atom is 0.338 e. The highest BCUT2D eigenvalue weighted by Crippen LogP contribution is 2.36. The summed E-state index contributed by atoms with van der Waals surface area (Å²) in [7, 11) is 4.75. The first-order valence-corrected chi connectivity index (χ1v) is 9.16. The molecular formula is C20H18ClF3N4O2. The zero-order valence-electron chi connectivity index (χ0n) is 16.3. The standard InChI is InChI=1S/C20H18ClF3N4O2/c1-28(2)9-15-16(20(29)30-3)17(12-5-4-10(22)6-13(12)21)27-19(26-15)18-14(24)7-11(23)8-25-18/h4-8,17H,9H2,1-3H3,(H,26,27)/t17-/m0/s1. The summed E-state index contributed by atoms with van der Waals surface area (Å²) >= 11 is 6.22. The second kappa shape index (κ2) is 8.85. The van der Waals surface area contributed by atoms with Gasteiger partial charge in [-0.25, -0.2) is 22.9 Å². The van der Waals surface area contributed by atoms with Crippen LogP contribution in [0.2, 0.25) is 5.02 Å². The number of methoxy groups -OCH3 is 1. The molecule has 0 fully saturated rings. The molecule has 2 aromatic rings. The van der Waals surface area contributed by atoms with Gasteiger partial charge in [0.1, 0.15) is 23.4 Å². The second-order valence-electron chi connectivity index (χ2n) is 6.78. The van der Waals surface area contributed by atoms with Crippen molar-refractivity contribution in [1.82, 2.24) is 15.2 Å². The molecule has 2 heterocycles. The SMILES string of the molecule is COC(=O)C1=C(CN(C)C)NC(c2ncc(F)cc2F)=N[C@H]1c1ccc(F)cc1Cl. The number of likely N-dealkylation sites (N-methyl/N-ethyl adjacent to an activating group) is 1. The van der Waals surface area contributed by atoms with Crippen LogP contribution in [-0.2, 0) is 9.53 Å². The smallest absolute Gasteiger partial charge is 0.338 e. The summed E-state index contributed by atoms with van der Waals surface area (Å²) in [6.45, 7) is 0.238. The lowest BCUT2D eigenvalue weighted by molar-refractivity contribution is -0.136. The third kappa shape index (κ3) is 4.47. The fraction of sp³-hybridized carbons (Fsp3) is 0.250. The zero-order chi connectivity index (χ0) is 22.0. The van der Waals surface area contributed by atoms with E-state index in [1.807, 2.05) is 0 Å². The van der Waals surface area contributed by atoms with Gasteiger partial charge in [-0.1, -0.05) is 17.7 Å². The van der Waals surface area contributed by atoms with Crippen molar-refractivity contribution in [3.63, 3.8) is 0 Å². The van der Waals surface area contributed by atoms with Crippen LogP contribution in [0.1, 0.15) is 17.3 Å².